The van der Waals surface area contributed by atoms with E-state index in [1.165, 1.54) is 23.8 Å². The second kappa shape index (κ2) is 15.1. The number of hydrogen-bond acceptors (Lipinski definition) is 6. The van der Waals surface area contributed by atoms with Crippen molar-refractivity contribution in [2.75, 3.05) is 20.2 Å². The Bertz CT molecular complexity index is 1340. The van der Waals surface area contributed by atoms with E-state index in [-0.39, 0.29) is 24.2 Å². The van der Waals surface area contributed by atoms with Gasteiger partial charge in [-0.05, 0) is 73.4 Å². The summed E-state index contributed by atoms with van der Waals surface area (Å²) in [6.45, 7) is 5.90. The number of likely N-dealkylation sites (tertiary alicyclic amines) is 1. The van der Waals surface area contributed by atoms with E-state index in [4.69, 9.17) is 9.47 Å². The van der Waals surface area contributed by atoms with Crippen molar-refractivity contribution >= 4 is 17.8 Å². The van der Waals surface area contributed by atoms with Crippen molar-refractivity contribution in [3.8, 4) is 5.75 Å². The van der Waals surface area contributed by atoms with Crippen LogP contribution >= 0.6 is 0 Å². The summed E-state index contributed by atoms with van der Waals surface area (Å²) in [5, 5.41) is 2.84. The molecule has 8 nitrogen and oxygen atoms in total. The zero-order chi connectivity index (χ0) is 29.9. The molecular weight excluding hydrogens is 530 g/mol. The molecule has 0 saturated carbocycles. The second-order valence-corrected chi connectivity index (χ2v) is 11.1. The second-order valence-electron chi connectivity index (χ2n) is 11.1. The Morgan fingerprint density at radius 1 is 0.976 bits per heavy atom. The van der Waals surface area contributed by atoms with Gasteiger partial charge in [-0.1, -0.05) is 48.5 Å². The molecule has 2 heterocycles. The van der Waals surface area contributed by atoms with Crippen LogP contribution in [0.4, 0.5) is 0 Å². The van der Waals surface area contributed by atoms with E-state index in [0.717, 1.165) is 24.8 Å². The van der Waals surface area contributed by atoms with Gasteiger partial charge in [0.25, 0.3) is 0 Å². The largest absolute Gasteiger partial charge is 0.487 e. The molecule has 2 aromatic carbocycles. The summed E-state index contributed by atoms with van der Waals surface area (Å²) in [6, 6.07) is 19.0. The van der Waals surface area contributed by atoms with E-state index in [9.17, 15) is 14.4 Å². The first-order valence-corrected chi connectivity index (χ1v) is 14.6. The van der Waals surface area contributed by atoms with Crippen molar-refractivity contribution in [2.24, 2.45) is 5.92 Å². The average molecular weight is 572 g/mol. The molecule has 222 valence electrons. The molecule has 1 aliphatic rings. The number of nitrogens with one attached hydrogen (secondary N) is 1. The quantitative estimate of drug-likeness (QED) is 0.316. The highest BCUT2D eigenvalue weighted by Crippen LogP contribution is 2.22. The zero-order valence-corrected chi connectivity index (χ0v) is 24.8. The van der Waals surface area contributed by atoms with Crippen LogP contribution in [0.2, 0.25) is 0 Å². The molecule has 42 heavy (non-hydrogen) atoms. The number of aromatic nitrogens is 1. The summed E-state index contributed by atoms with van der Waals surface area (Å²) in [6.07, 6.45) is 4.88. The zero-order valence-electron chi connectivity index (χ0n) is 24.8. The number of esters is 1. The fourth-order valence-electron chi connectivity index (χ4n) is 5.17. The van der Waals surface area contributed by atoms with Gasteiger partial charge in [0.1, 0.15) is 18.4 Å². The van der Waals surface area contributed by atoms with E-state index in [0.29, 0.717) is 44.0 Å². The third kappa shape index (κ3) is 9.16. The molecule has 0 radical (unpaired) electrons. The van der Waals surface area contributed by atoms with Gasteiger partial charge < -0.3 is 19.7 Å². The lowest BCUT2D eigenvalue weighted by Crippen LogP contribution is -2.45. The monoisotopic (exact) mass is 571 g/mol. The third-order valence-corrected chi connectivity index (χ3v) is 7.92. The van der Waals surface area contributed by atoms with Crippen molar-refractivity contribution in [3.05, 3.63) is 94.8 Å². The maximum atomic E-state index is 12.9. The summed E-state index contributed by atoms with van der Waals surface area (Å²) in [5.41, 5.74) is 5.38. The number of benzene rings is 2. The van der Waals surface area contributed by atoms with Crippen molar-refractivity contribution in [3.63, 3.8) is 0 Å². The van der Waals surface area contributed by atoms with Crippen LogP contribution in [0.5, 0.6) is 5.75 Å². The molecule has 0 unspecified atom stereocenters. The average Bonchev–Trinajstić information content (AvgIpc) is 3.01. The molecular formula is C34H41N3O5. The van der Waals surface area contributed by atoms with Crippen LogP contribution in [0.1, 0.15) is 53.6 Å². The van der Waals surface area contributed by atoms with Gasteiger partial charge in [0.05, 0.1) is 13.3 Å². The van der Waals surface area contributed by atoms with Gasteiger partial charge in [0, 0.05) is 38.0 Å². The van der Waals surface area contributed by atoms with Crippen LogP contribution in [-0.2, 0) is 38.6 Å². The number of hydrogen-bond donors (Lipinski definition) is 1. The van der Waals surface area contributed by atoms with Crippen LogP contribution in [0.3, 0.4) is 0 Å². The van der Waals surface area contributed by atoms with Crippen LogP contribution < -0.4 is 10.1 Å². The molecule has 1 N–H and O–H groups in total. The SMILES string of the molecule is COC(=O)[C@H](Cc1ccc(OCc2ccccc2)cn1)NC(=O)CC1CCN(C(=O)CCc2ccc(C)c(C)c2)CC1. The standard InChI is InChI=1S/C34H41N3O5/c1-24-9-10-26(19-25(24)2)11-14-33(39)37-17-15-27(16-18-37)20-32(38)36-31(34(40)41-3)21-29-12-13-30(22-35-29)42-23-28-7-5-4-6-8-28/h4-10,12-13,19,22,27,31H,11,14-18,20-21,23H2,1-3H3,(H,36,38)/t31-/m0/s1. The molecule has 1 aliphatic heterocycles. The van der Waals surface area contributed by atoms with Gasteiger partial charge in [-0.15, -0.1) is 0 Å². The van der Waals surface area contributed by atoms with Crippen LogP contribution in [0.15, 0.2) is 66.9 Å². The fraction of sp³-hybridized carbons (Fsp3) is 0.412. The number of methoxy groups -OCH3 is 1. The van der Waals surface area contributed by atoms with Crippen LogP contribution in [0.25, 0.3) is 0 Å². The molecule has 1 saturated heterocycles. The Kier molecular flexibility index (Phi) is 11.1. The number of rotatable bonds is 12. The highest BCUT2D eigenvalue weighted by Gasteiger charge is 2.27. The lowest BCUT2D eigenvalue weighted by molar-refractivity contribution is -0.145. The minimum atomic E-state index is -0.835. The van der Waals surface area contributed by atoms with E-state index >= 15 is 0 Å². The summed E-state index contributed by atoms with van der Waals surface area (Å²) >= 11 is 0. The van der Waals surface area contributed by atoms with Gasteiger partial charge in [-0.2, -0.15) is 0 Å². The molecule has 1 fully saturated rings. The number of carbonyl (C=O) groups is 3. The minimum absolute atomic E-state index is 0.158. The van der Waals surface area contributed by atoms with Gasteiger partial charge in [0.2, 0.25) is 11.8 Å². The summed E-state index contributed by atoms with van der Waals surface area (Å²) < 4.78 is 10.7. The summed E-state index contributed by atoms with van der Waals surface area (Å²) in [5.74, 6) is 0.222. The molecule has 4 rings (SSSR count). The number of aryl methyl sites for hydroxylation is 3. The van der Waals surface area contributed by atoms with Crippen molar-refractivity contribution in [1.29, 1.82) is 0 Å². The number of pyridine rings is 1. The predicted molar refractivity (Wildman–Crippen MR) is 161 cm³/mol. The van der Waals surface area contributed by atoms with Crippen LogP contribution in [-0.4, -0.2) is 53.9 Å². The Hall–Kier alpha value is -4.20. The molecule has 0 spiro atoms. The van der Waals surface area contributed by atoms with E-state index in [1.807, 2.05) is 35.2 Å². The Morgan fingerprint density at radius 2 is 1.74 bits per heavy atom. The minimum Gasteiger partial charge on any atom is -0.487 e. The normalized spacial score (nSPS) is 14.2. The first-order chi connectivity index (χ1) is 20.3. The summed E-state index contributed by atoms with van der Waals surface area (Å²) in [4.78, 5) is 44.5. The van der Waals surface area contributed by atoms with E-state index < -0.39 is 12.0 Å². The molecule has 0 aliphatic carbocycles. The molecule has 8 heteroatoms. The lowest BCUT2D eigenvalue weighted by atomic mass is 9.92. The van der Waals surface area contributed by atoms with Crippen LogP contribution in [0, 0.1) is 19.8 Å². The van der Waals surface area contributed by atoms with Gasteiger partial charge >= 0.3 is 5.97 Å². The number of carbonyl (C=O) groups excluding carboxylic acids is 3. The fourth-order valence-corrected chi connectivity index (χ4v) is 5.17. The highest BCUT2D eigenvalue weighted by atomic mass is 16.5. The first kappa shape index (κ1) is 30.8. The number of nitrogens with zero attached hydrogens (tertiary/aromatic N) is 2. The topological polar surface area (TPSA) is 97.8 Å². The van der Waals surface area contributed by atoms with Gasteiger partial charge in [0.15, 0.2) is 0 Å². The summed E-state index contributed by atoms with van der Waals surface area (Å²) in [7, 11) is 1.31. The Labute approximate surface area is 248 Å². The maximum absolute atomic E-state index is 12.9. The number of amides is 2. The number of piperidine rings is 1. The highest BCUT2D eigenvalue weighted by molar-refractivity contribution is 5.84. The number of ether oxygens (including phenoxy) is 2. The molecule has 2 amide bonds. The smallest absolute Gasteiger partial charge is 0.328 e. The Balaban J connectivity index is 1.21. The third-order valence-electron chi connectivity index (χ3n) is 7.92. The molecule has 3 aromatic rings. The van der Waals surface area contributed by atoms with Gasteiger partial charge in [-0.25, -0.2) is 4.79 Å². The molecule has 0 bridgehead atoms. The Morgan fingerprint density at radius 3 is 2.40 bits per heavy atom. The van der Waals surface area contributed by atoms with Gasteiger partial charge in [-0.3, -0.25) is 14.6 Å². The van der Waals surface area contributed by atoms with Crippen molar-refractivity contribution < 1.29 is 23.9 Å². The first-order valence-electron chi connectivity index (χ1n) is 14.6. The lowest BCUT2D eigenvalue weighted by Gasteiger charge is -2.32. The maximum Gasteiger partial charge on any atom is 0.328 e. The van der Waals surface area contributed by atoms with E-state index in [1.54, 1.807) is 18.3 Å². The van der Waals surface area contributed by atoms with E-state index in [2.05, 4.69) is 42.3 Å². The molecule has 1 aromatic heterocycles. The predicted octanol–water partition coefficient (Wildman–Crippen LogP) is 4.74. The van der Waals surface area contributed by atoms with Crippen molar-refractivity contribution in [1.82, 2.24) is 15.2 Å². The molecule has 1 atom stereocenters. The van der Waals surface area contributed by atoms with Crippen molar-refractivity contribution in [2.45, 2.75) is 65.0 Å².